The van der Waals surface area contributed by atoms with E-state index in [1.165, 1.54) is 20.6 Å². The number of nitrogens with one attached hydrogen (secondary N) is 1. The number of rotatable bonds is 9. The molecule has 0 saturated carbocycles. The van der Waals surface area contributed by atoms with E-state index in [4.69, 9.17) is 0 Å². The predicted molar refractivity (Wildman–Crippen MR) is 147 cm³/mol. The monoisotopic (exact) mass is 500 g/mol. The SMILES string of the molecule is Cc1ccc(C)c(N(CC(=O)NCC(C)Cc2cccc3ccccc23)S(=O)(=O)c2ccccc2)c1. The van der Waals surface area contributed by atoms with Crippen LogP contribution in [0.15, 0.2) is 95.9 Å². The molecule has 1 N–H and O–H groups in total. The zero-order valence-electron chi connectivity index (χ0n) is 20.9. The highest BCUT2D eigenvalue weighted by Gasteiger charge is 2.28. The van der Waals surface area contributed by atoms with E-state index in [0.717, 1.165) is 17.5 Å². The van der Waals surface area contributed by atoms with Crippen LogP contribution in [0.2, 0.25) is 0 Å². The van der Waals surface area contributed by atoms with Crippen LogP contribution in [0.25, 0.3) is 10.8 Å². The fourth-order valence-corrected chi connectivity index (χ4v) is 5.90. The van der Waals surface area contributed by atoms with Crippen LogP contribution in [0.1, 0.15) is 23.6 Å². The maximum atomic E-state index is 13.6. The molecule has 0 aliphatic carbocycles. The van der Waals surface area contributed by atoms with Crippen LogP contribution in [-0.4, -0.2) is 27.4 Å². The molecule has 0 aromatic heterocycles. The Kier molecular flexibility index (Phi) is 7.75. The minimum absolute atomic E-state index is 0.156. The quantitative estimate of drug-likeness (QED) is 0.323. The third-order valence-electron chi connectivity index (χ3n) is 6.35. The van der Waals surface area contributed by atoms with E-state index in [1.807, 2.05) is 44.2 Å². The van der Waals surface area contributed by atoms with Gasteiger partial charge in [0.05, 0.1) is 10.6 Å². The lowest BCUT2D eigenvalue weighted by atomic mass is 9.96. The molecule has 0 bridgehead atoms. The van der Waals surface area contributed by atoms with Crippen molar-refractivity contribution in [3.63, 3.8) is 0 Å². The predicted octanol–water partition coefficient (Wildman–Crippen LogP) is 5.65. The summed E-state index contributed by atoms with van der Waals surface area (Å²) in [7, 11) is -3.93. The lowest BCUT2D eigenvalue weighted by Crippen LogP contribution is -2.42. The molecule has 1 atom stereocenters. The molecule has 186 valence electrons. The summed E-state index contributed by atoms with van der Waals surface area (Å²) in [6, 6.07) is 28.4. The van der Waals surface area contributed by atoms with Crippen LogP contribution in [-0.2, 0) is 21.2 Å². The van der Waals surface area contributed by atoms with E-state index in [-0.39, 0.29) is 23.3 Å². The van der Waals surface area contributed by atoms with Crippen molar-refractivity contribution in [1.29, 1.82) is 0 Å². The maximum Gasteiger partial charge on any atom is 0.264 e. The number of amides is 1. The zero-order valence-corrected chi connectivity index (χ0v) is 21.8. The third kappa shape index (κ3) is 5.77. The molecule has 5 nitrogen and oxygen atoms in total. The van der Waals surface area contributed by atoms with Gasteiger partial charge in [0.25, 0.3) is 10.0 Å². The normalized spacial score (nSPS) is 12.3. The largest absolute Gasteiger partial charge is 0.354 e. The third-order valence-corrected chi connectivity index (χ3v) is 8.12. The molecule has 1 unspecified atom stereocenters. The topological polar surface area (TPSA) is 66.5 Å². The van der Waals surface area contributed by atoms with Gasteiger partial charge in [-0.25, -0.2) is 8.42 Å². The van der Waals surface area contributed by atoms with Crippen molar-refractivity contribution in [1.82, 2.24) is 5.32 Å². The van der Waals surface area contributed by atoms with Crippen LogP contribution >= 0.6 is 0 Å². The van der Waals surface area contributed by atoms with Crippen LogP contribution in [0.4, 0.5) is 5.69 Å². The number of anilines is 1. The number of carbonyl (C=O) groups excluding carboxylic acids is 1. The Balaban J connectivity index is 1.50. The maximum absolute atomic E-state index is 13.6. The fraction of sp³-hybridized carbons (Fsp3) is 0.233. The second-order valence-electron chi connectivity index (χ2n) is 9.37. The second-order valence-corrected chi connectivity index (χ2v) is 11.2. The van der Waals surface area contributed by atoms with Crippen molar-refractivity contribution in [2.45, 2.75) is 32.1 Å². The van der Waals surface area contributed by atoms with Gasteiger partial charge in [-0.3, -0.25) is 9.10 Å². The second kappa shape index (κ2) is 11.0. The van der Waals surface area contributed by atoms with Gasteiger partial charge in [0, 0.05) is 6.54 Å². The van der Waals surface area contributed by atoms with Crippen molar-refractivity contribution < 1.29 is 13.2 Å². The summed E-state index contributed by atoms with van der Waals surface area (Å²) < 4.78 is 28.4. The molecule has 4 aromatic carbocycles. The van der Waals surface area contributed by atoms with Crippen molar-refractivity contribution >= 4 is 32.4 Å². The first kappa shape index (κ1) is 25.5. The summed E-state index contributed by atoms with van der Waals surface area (Å²) >= 11 is 0. The number of fused-ring (bicyclic) bond motifs is 1. The smallest absolute Gasteiger partial charge is 0.264 e. The summed E-state index contributed by atoms with van der Waals surface area (Å²) in [5.74, 6) is -0.153. The van der Waals surface area contributed by atoms with Crippen molar-refractivity contribution in [2.24, 2.45) is 5.92 Å². The minimum atomic E-state index is -3.93. The number of hydrogen-bond acceptors (Lipinski definition) is 3. The van der Waals surface area contributed by atoms with E-state index in [0.29, 0.717) is 12.2 Å². The molecular formula is C30H32N2O3S. The van der Waals surface area contributed by atoms with E-state index >= 15 is 0 Å². The molecule has 0 radical (unpaired) electrons. The van der Waals surface area contributed by atoms with Crippen molar-refractivity contribution in [2.75, 3.05) is 17.4 Å². The Morgan fingerprint density at radius 2 is 1.58 bits per heavy atom. The molecule has 0 spiro atoms. The molecule has 4 aromatic rings. The Labute approximate surface area is 213 Å². The molecule has 0 aliphatic heterocycles. The van der Waals surface area contributed by atoms with Gasteiger partial charge < -0.3 is 5.32 Å². The first-order valence-corrected chi connectivity index (χ1v) is 13.6. The van der Waals surface area contributed by atoms with Gasteiger partial charge in [0.15, 0.2) is 0 Å². The minimum Gasteiger partial charge on any atom is -0.354 e. The number of carbonyl (C=O) groups is 1. The summed E-state index contributed by atoms with van der Waals surface area (Å²) in [6.07, 6.45) is 0.810. The molecular weight excluding hydrogens is 468 g/mol. The van der Waals surface area contributed by atoms with Crippen LogP contribution in [0, 0.1) is 19.8 Å². The van der Waals surface area contributed by atoms with Crippen LogP contribution in [0.5, 0.6) is 0 Å². The Hall–Kier alpha value is -3.64. The molecule has 0 saturated heterocycles. The Morgan fingerprint density at radius 1 is 0.889 bits per heavy atom. The number of nitrogens with zero attached hydrogens (tertiary/aromatic N) is 1. The van der Waals surface area contributed by atoms with Crippen molar-refractivity contribution in [3.05, 3.63) is 108 Å². The number of aryl methyl sites for hydroxylation is 2. The van der Waals surface area contributed by atoms with Crippen molar-refractivity contribution in [3.8, 4) is 0 Å². The zero-order chi connectivity index (χ0) is 25.7. The molecule has 0 fully saturated rings. The highest BCUT2D eigenvalue weighted by molar-refractivity contribution is 7.92. The first-order chi connectivity index (χ1) is 17.3. The van der Waals surface area contributed by atoms with Gasteiger partial charge in [0.2, 0.25) is 5.91 Å². The van der Waals surface area contributed by atoms with E-state index in [1.54, 1.807) is 30.3 Å². The average molecular weight is 501 g/mol. The van der Waals surface area contributed by atoms with E-state index in [9.17, 15) is 13.2 Å². The summed E-state index contributed by atoms with van der Waals surface area (Å²) in [5.41, 5.74) is 3.46. The van der Waals surface area contributed by atoms with Gasteiger partial charge in [-0.15, -0.1) is 0 Å². The van der Waals surface area contributed by atoms with Gasteiger partial charge in [-0.1, -0.05) is 79.7 Å². The lowest BCUT2D eigenvalue weighted by Gasteiger charge is -2.26. The van der Waals surface area contributed by atoms with Gasteiger partial charge in [0.1, 0.15) is 6.54 Å². The first-order valence-electron chi connectivity index (χ1n) is 12.1. The standard InChI is InChI=1S/C30H32N2O3S/c1-22-16-17-24(3)29(19-22)32(36(34,35)27-13-5-4-6-14-27)21-30(33)31-20-23(2)18-26-12-9-11-25-10-7-8-15-28(25)26/h4-17,19,23H,18,20-21H2,1-3H3,(H,31,33). The molecule has 36 heavy (non-hydrogen) atoms. The van der Waals surface area contributed by atoms with Crippen LogP contribution < -0.4 is 9.62 Å². The summed E-state index contributed by atoms with van der Waals surface area (Å²) in [6.45, 7) is 6.01. The van der Waals surface area contributed by atoms with E-state index < -0.39 is 10.0 Å². The summed E-state index contributed by atoms with van der Waals surface area (Å²) in [4.78, 5) is 13.2. The average Bonchev–Trinajstić information content (AvgIpc) is 2.88. The van der Waals surface area contributed by atoms with Gasteiger partial charge in [-0.05, 0) is 71.8 Å². The number of hydrogen-bond donors (Lipinski definition) is 1. The summed E-state index contributed by atoms with van der Waals surface area (Å²) in [5, 5.41) is 5.38. The fourth-order valence-electron chi connectivity index (χ4n) is 4.40. The van der Waals surface area contributed by atoms with Gasteiger partial charge >= 0.3 is 0 Å². The molecule has 4 rings (SSSR count). The Morgan fingerprint density at radius 3 is 2.36 bits per heavy atom. The van der Waals surface area contributed by atoms with E-state index in [2.05, 4.69) is 42.6 Å². The number of benzene rings is 4. The highest BCUT2D eigenvalue weighted by atomic mass is 32.2. The molecule has 0 heterocycles. The molecule has 6 heteroatoms. The van der Waals surface area contributed by atoms with Gasteiger partial charge in [-0.2, -0.15) is 0 Å². The number of sulfonamides is 1. The Bertz CT molecular complexity index is 1460. The molecule has 0 aliphatic rings. The lowest BCUT2D eigenvalue weighted by molar-refractivity contribution is -0.119. The molecule has 1 amide bonds. The highest BCUT2D eigenvalue weighted by Crippen LogP contribution is 2.28. The van der Waals surface area contributed by atoms with Crippen LogP contribution in [0.3, 0.4) is 0 Å².